The lowest BCUT2D eigenvalue weighted by Gasteiger charge is -2.34. The average molecular weight is 408 g/mol. The molecular formula is C20H24N8O2. The number of hydrogen-bond donors (Lipinski definition) is 2. The Kier molecular flexibility index (Phi) is 5.03. The van der Waals surface area contributed by atoms with Crippen molar-refractivity contribution >= 4 is 17.6 Å². The molecule has 0 unspecified atom stereocenters. The van der Waals surface area contributed by atoms with Crippen molar-refractivity contribution in [2.45, 2.75) is 45.3 Å². The molecule has 1 amide bonds. The molecule has 1 fully saturated rings. The molecule has 1 aliphatic heterocycles. The van der Waals surface area contributed by atoms with Gasteiger partial charge < -0.3 is 15.0 Å². The number of likely N-dealkylation sites (tertiary alicyclic amines) is 1. The third-order valence-corrected chi connectivity index (χ3v) is 4.81. The number of ether oxygens (including phenoxy) is 1. The van der Waals surface area contributed by atoms with E-state index in [-0.39, 0.29) is 12.1 Å². The molecule has 4 heterocycles. The number of carbonyl (C=O) groups is 1. The number of carbonyl (C=O) groups excluding carboxylic acids is 1. The van der Waals surface area contributed by atoms with E-state index in [1.54, 1.807) is 21.8 Å². The van der Waals surface area contributed by atoms with Crippen LogP contribution in [0.15, 0.2) is 24.7 Å². The second kappa shape index (κ2) is 7.67. The third-order valence-electron chi connectivity index (χ3n) is 4.81. The summed E-state index contributed by atoms with van der Waals surface area (Å²) < 4.78 is 7.14. The molecule has 0 bridgehead atoms. The van der Waals surface area contributed by atoms with Gasteiger partial charge in [-0.3, -0.25) is 5.10 Å². The summed E-state index contributed by atoms with van der Waals surface area (Å²) >= 11 is 0. The normalized spacial score (nSPS) is 17.0. The maximum absolute atomic E-state index is 12.5. The van der Waals surface area contributed by atoms with Crippen LogP contribution in [0.1, 0.15) is 39.2 Å². The molecule has 2 N–H and O–H groups in total. The van der Waals surface area contributed by atoms with Gasteiger partial charge in [0.2, 0.25) is 0 Å². The zero-order valence-electron chi connectivity index (χ0n) is 17.2. The summed E-state index contributed by atoms with van der Waals surface area (Å²) in [5, 5.41) is 24.0. The van der Waals surface area contributed by atoms with Crippen molar-refractivity contribution in [3.8, 4) is 17.3 Å². The summed E-state index contributed by atoms with van der Waals surface area (Å²) in [5.41, 5.74) is 1.82. The Labute approximate surface area is 173 Å². The number of rotatable bonds is 3. The number of nitrogens with zero attached hydrogens (tertiary/aromatic N) is 6. The molecule has 156 valence electrons. The summed E-state index contributed by atoms with van der Waals surface area (Å²) in [6.45, 7) is 6.77. The molecule has 1 saturated heterocycles. The smallest absolute Gasteiger partial charge is 0.410 e. The molecule has 3 aromatic heterocycles. The topological polar surface area (TPSA) is 124 Å². The highest BCUT2D eigenvalue weighted by Gasteiger charge is 2.28. The lowest BCUT2D eigenvalue weighted by Crippen LogP contribution is -2.47. The molecule has 10 heteroatoms. The van der Waals surface area contributed by atoms with E-state index in [0.717, 1.165) is 18.4 Å². The SMILES string of the molecule is CC(C)(C)OC(=O)N1CCC[C@H](Nc2cc(-c3cn[nH]c3)nc3c(C#N)cnn23)C1. The monoisotopic (exact) mass is 408 g/mol. The van der Waals surface area contributed by atoms with Gasteiger partial charge in [0, 0.05) is 37.0 Å². The summed E-state index contributed by atoms with van der Waals surface area (Å²) in [4.78, 5) is 18.8. The minimum Gasteiger partial charge on any atom is -0.444 e. The van der Waals surface area contributed by atoms with Gasteiger partial charge in [-0.15, -0.1) is 0 Å². The number of amides is 1. The van der Waals surface area contributed by atoms with Gasteiger partial charge in [0.1, 0.15) is 23.1 Å². The number of aromatic nitrogens is 5. The van der Waals surface area contributed by atoms with Crippen LogP contribution in [0.2, 0.25) is 0 Å². The van der Waals surface area contributed by atoms with Crippen LogP contribution in [0, 0.1) is 11.3 Å². The Morgan fingerprint density at radius 2 is 2.23 bits per heavy atom. The molecule has 10 nitrogen and oxygen atoms in total. The van der Waals surface area contributed by atoms with E-state index in [2.05, 4.69) is 31.7 Å². The van der Waals surface area contributed by atoms with Gasteiger partial charge in [-0.25, -0.2) is 9.78 Å². The van der Waals surface area contributed by atoms with Crippen LogP contribution >= 0.6 is 0 Å². The van der Waals surface area contributed by atoms with Crippen molar-refractivity contribution in [3.05, 3.63) is 30.2 Å². The van der Waals surface area contributed by atoms with E-state index >= 15 is 0 Å². The second-order valence-electron chi connectivity index (χ2n) is 8.33. The standard InChI is InChI=1S/C20H24N8O2/c1-20(2,3)30-19(29)27-6-4-5-15(12-27)25-17-7-16(14-9-22-23-10-14)26-18-13(8-21)11-24-28(17)18/h7,9-11,15,25H,4-6,12H2,1-3H3,(H,22,23)/t15-/m0/s1. The molecule has 1 atom stereocenters. The maximum Gasteiger partial charge on any atom is 0.410 e. The van der Waals surface area contributed by atoms with Crippen molar-refractivity contribution in [2.75, 3.05) is 18.4 Å². The van der Waals surface area contributed by atoms with Crippen LogP contribution < -0.4 is 5.32 Å². The summed E-state index contributed by atoms with van der Waals surface area (Å²) in [5.74, 6) is 0.703. The van der Waals surface area contributed by atoms with Crippen molar-refractivity contribution in [1.82, 2.24) is 29.7 Å². The van der Waals surface area contributed by atoms with Crippen molar-refractivity contribution in [1.29, 1.82) is 5.26 Å². The summed E-state index contributed by atoms with van der Waals surface area (Å²) in [6, 6.07) is 4.02. The first-order valence-electron chi connectivity index (χ1n) is 9.86. The third kappa shape index (κ3) is 4.05. The Hall–Kier alpha value is -3.61. The number of nitrogens with one attached hydrogen (secondary N) is 2. The highest BCUT2D eigenvalue weighted by Crippen LogP contribution is 2.25. The Bertz CT molecular complexity index is 1090. The molecule has 0 radical (unpaired) electrons. The predicted octanol–water partition coefficient (Wildman–Crippen LogP) is 2.80. The maximum atomic E-state index is 12.5. The van der Waals surface area contributed by atoms with Crippen LogP contribution in [0.4, 0.5) is 10.6 Å². The number of H-pyrrole nitrogens is 1. The molecule has 0 aromatic carbocycles. The molecule has 30 heavy (non-hydrogen) atoms. The number of nitriles is 1. The fourth-order valence-electron chi connectivity index (χ4n) is 3.48. The minimum absolute atomic E-state index is 0.0174. The van der Waals surface area contributed by atoms with Crippen LogP contribution in [0.25, 0.3) is 16.9 Å². The van der Waals surface area contributed by atoms with Crippen LogP contribution in [-0.2, 0) is 4.74 Å². The first-order valence-corrected chi connectivity index (χ1v) is 9.86. The van der Waals surface area contributed by atoms with Gasteiger partial charge >= 0.3 is 6.09 Å². The number of fused-ring (bicyclic) bond motifs is 1. The fourth-order valence-corrected chi connectivity index (χ4v) is 3.48. The highest BCUT2D eigenvalue weighted by atomic mass is 16.6. The van der Waals surface area contributed by atoms with Crippen LogP contribution in [0.3, 0.4) is 0 Å². The highest BCUT2D eigenvalue weighted by molar-refractivity contribution is 5.69. The largest absolute Gasteiger partial charge is 0.444 e. The van der Waals surface area contributed by atoms with E-state index in [4.69, 9.17) is 4.74 Å². The molecule has 3 aromatic rings. The van der Waals surface area contributed by atoms with Gasteiger partial charge in [0.15, 0.2) is 5.65 Å². The minimum atomic E-state index is -0.531. The summed E-state index contributed by atoms with van der Waals surface area (Å²) in [6.07, 6.45) is 6.38. The van der Waals surface area contributed by atoms with E-state index in [0.29, 0.717) is 35.8 Å². The predicted molar refractivity (Wildman–Crippen MR) is 110 cm³/mol. The number of piperidine rings is 1. The van der Waals surface area contributed by atoms with Gasteiger partial charge in [0.25, 0.3) is 0 Å². The van der Waals surface area contributed by atoms with E-state index in [9.17, 15) is 10.1 Å². The van der Waals surface area contributed by atoms with Crippen molar-refractivity contribution in [2.24, 2.45) is 0 Å². The van der Waals surface area contributed by atoms with Crippen molar-refractivity contribution < 1.29 is 9.53 Å². The number of anilines is 1. The second-order valence-corrected chi connectivity index (χ2v) is 8.33. The molecule has 1 aliphatic rings. The fraction of sp³-hybridized carbons (Fsp3) is 0.450. The number of hydrogen-bond acceptors (Lipinski definition) is 7. The first-order chi connectivity index (χ1) is 14.3. The number of aromatic amines is 1. The van der Waals surface area contributed by atoms with Crippen LogP contribution in [-0.4, -0.2) is 60.5 Å². The van der Waals surface area contributed by atoms with E-state index < -0.39 is 5.60 Å². The van der Waals surface area contributed by atoms with Gasteiger partial charge in [0.05, 0.1) is 18.1 Å². The zero-order valence-corrected chi connectivity index (χ0v) is 17.2. The Balaban J connectivity index is 1.61. The zero-order chi connectivity index (χ0) is 21.3. The quantitative estimate of drug-likeness (QED) is 0.683. The van der Waals surface area contributed by atoms with Crippen LogP contribution in [0.5, 0.6) is 0 Å². The lowest BCUT2D eigenvalue weighted by molar-refractivity contribution is 0.0206. The van der Waals surface area contributed by atoms with Gasteiger partial charge in [-0.05, 0) is 33.6 Å². The summed E-state index contributed by atoms with van der Waals surface area (Å²) in [7, 11) is 0. The average Bonchev–Trinajstić information content (AvgIpc) is 3.36. The molecule has 0 spiro atoms. The van der Waals surface area contributed by atoms with Gasteiger partial charge in [-0.1, -0.05) is 0 Å². The molecular weight excluding hydrogens is 384 g/mol. The van der Waals surface area contributed by atoms with E-state index in [1.807, 2.05) is 26.8 Å². The molecule has 4 rings (SSSR count). The Morgan fingerprint density at radius 3 is 2.93 bits per heavy atom. The van der Waals surface area contributed by atoms with Gasteiger partial charge in [-0.2, -0.15) is 20.0 Å². The van der Waals surface area contributed by atoms with Crippen molar-refractivity contribution in [3.63, 3.8) is 0 Å². The first kappa shape index (κ1) is 19.7. The molecule has 0 aliphatic carbocycles. The Morgan fingerprint density at radius 1 is 1.40 bits per heavy atom. The molecule has 0 saturated carbocycles. The van der Waals surface area contributed by atoms with E-state index in [1.165, 1.54) is 6.20 Å². The lowest BCUT2D eigenvalue weighted by atomic mass is 10.1.